The molecule has 0 atom stereocenters. The van der Waals surface area contributed by atoms with Gasteiger partial charge in [-0.15, -0.1) is 0 Å². The van der Waals surface area contributed by atoms with E-state index >= 15 is 0 Å². The van der Waals surface area contributed by atoms with Crippen LogP contribution in [-0.4, -0.2) is 35.0 Å². The fourth-order valence-electron chi connectivity index (χ4n) is 4.19. The lowest BCUT2D eigenvalue weighted by atomic mass is 10.1. The van der Waals surface area contributed by atoms with E-state index in [1.807, 2.05) is 36.5 Å². The molecule has 0 radical (unpaired) electrons. The monoisotopic (exact) mass is 507 g/mol. The van der Waals surface area contributed by atoms with Crippen LogP contribution in [0.15, 0.2) is 61.3 Å². The summed E-state index contributed by atoms with van der Waals surface area (Å²) in [5.41, 5.74) is 4.95. The van der Waals surface area contributed by atoms with Crippen molar-refractivity contribution >= 4 is 11.6 Å². The van der Waals surface area contributed by atoms with Crippen molar-refractivity contribution in [3.05, 3.63) is 89.4 Å². The van der Waals surface area contributed by atoms with Crippen LogP contribution in [0.1, 0.15) is 32.9 Å². The zero-order valence-electron chi connectivity index (χ0n) is 20.6. The lowest BCUT2D eigenvalue weighted by molar-refractivity contribution is -0.137. The first-order chi connectivity index (χ1) is 17.5. The van der Waals surface area contributed by atoms with Gasteiger partial charge >= 0.3 is 6.18 Å². The molecule has 0 saturated heterocycles. The van der Waals surface area contributed by atoms with E-state index in [2.05, 4.69) is 20.5 Å². The molecule has 3 heterocycles. The highest BCUT2D eigenvalue weighted by atomic mass is 19.4. The van der Waals surface area contributed by atoms with Gasteiger partial charge in [-0.05, 0) is 56.7 Å². The topological polar surface area (TPSA) is 85.5 Å². The zero-order chi connectivity index (χ0) is 26.5. The number of anilines is 1. The van der Waals surface area contributed by atoms with Crippen LogP contribution in [-0.2, 0) is 13.2 Å². The maximum absolute atomic E-state index is 13.6. The summed E-state index contributed by atoms with van der Waals surface area (Å²) in [4.78, 5) is 17.2. The Morgan fingerprint density at radius 1 is 1.05 bits per heavy atom. The van der Waals surface area contributed by atoms with Crippen molar-refractivity contribution in [2.75, 3.05) is 5.32 Å². The van der Waals surface area contributed by atoms with Crippen LogP contribution in [0.5, 0.6) is 0 Å². The van der Waals surface area contributed by atoms with E-state index in [1.54, 1.807) is 37.5 Å². The smallest absolute Gasteiger partial charge is 0.322 e. The first-order valence-electron chi connectivity index (χ1n) is 11.4. The van der Waals surface area contributed by atoms with E-state index in [-0.39, 0.29) is 11.4 Å². The molecule has 0 bridgehead atoms. The lowest BCUT2D eigenvalue weighted by Gasteiger charge is -2.25. The third-order valence-corrected chi connectivity index (χ3v) is 6.25. The molecule has 0 fully saturated rings. The molecule has 0 saturated carbocycles. The van der Waals surface area contributed by atoms with Gasteiger partial charge < -0.3 is 9.88 Å². The van der Waals surface area contributed by atoms with Crippen LogP contribution in [0, 0.1) is 20.8 Å². The van der Waals surface area contributed by atoms with Gasteiger partial charge in [-0.2, -0.15) is 18.3 Å². The normalized spacial score (nSPS) is 11.8. The minimum Gasteiger partial charge on any atom is -0.322 e. The first-order valence-corrected chi connectivity index (χ1v) is 11.4. The van der Waals surface area contributed by atoms with Gasteiger partial charge in [0.15, 0.2) is 0 Å². The van der Waals surface area contributed by atoms with Crippen LogP contribution in [0.3, 0.4) is 0 Å². The van der Waals surface area contributed by atoms with Gasteiger partial charge in [0.2, 0.25) is 0 Å². The number of carbonyl (C=O) groups excluding carboxylic acids is 1. The molecule has 37 heavy (non-hydrogen) atoms. The maximum atomic E-state index is 13.6. The number of hydrogen-bond donors (Lipinski definition) is 2. The van der Waals surface area contributed by atoms with Gasteiger partial charge in [0.05, 0.1) is 41.4 Å². The Hall–Kier alpha value is -4.54. The fourth-order valence-corrected chi connectivity index (χ4v) is 4.19. The second kappa shape index (κ2) is 8.84. The van der Waals surface area contributed by atoms with Crippen molar-refractivity contribution in [3.8, 4) is 22.6 Å². The number of benzene rings is 2. The molecule has 3 aromatic heterocycles. The predicted molar refractivity (Wildman–Crippen MR) is 133 cm³/mol. The summed E-state index contributed by atoms with van der Waals surface area (Å²) in [6.07, 6.45) is 2.15. The van der Waals surface area contributed by atoms with E-state index in [9.17, 15) is 18.0 Å². The number of nitrogens with one attached hydrogen (secondary N) is 2. The molecule has 190 valence electrons. The average Bonchev–Trinajstić information content (AvgIpc) is 3.46. The van der Waals surface area contributed by atoms with Crippen LogP contribution >= 0.6 is 0 Å². The summed E-state index contributed by atoms with van der Waals surface area (Å²) < 4.78 is 46.1. The number of imidazole rings is 1. The quantitative estimate of drug-likeness (QED) is 0.325. The van der Waals surface area contributed by atoms with Gasteiger partial charge in [0.1, 0.15) is 0 Å². The number of alkyl halides is 3. The van der Waals surface area contributed by atoms with Gasteiger partial charge in [-0.3, -0.25) is 19.3 Å². The molecule has 0 unspecified atom stereocenters. The number of carbonyl (C=O) groups is 1. The van der Waals surface area contributed by atoms with Gasteiger partial charge in [-0.1, -0.05) is 6.07 Å². The summed E-state index contributed by atoms with van der Waals surface area (Å²) in [5.74, 6) is -0.522. The number of aryl methyl sites for hydroxylation is 3. The van der Waals surface area contributed by atoms with Crippen LogP contribution in [0.4, 0.5) is 18.9 Å². The van der Waals surface area contributed by atoms with Crippen LogP contribution < -0.4 is 5.32 Å². The third-order valence-electron chi connectivity index (χ3n) is 6.25. The Morgan fingerprint density at radius 3 is 2.46 bits per heavy atom. The minimum absolute atomic E-state index is 0.0296. The minimum atomic E-state index is -4.58. The fraction of sp³-hybridized carbons (Fsp3) is 0.192. The number of aromatic amines is 1. The summed E-state index contributed by atoms with van der Waals surface area (Å²) in [6.45, 7) is 5.60. The first kappa shape index (κ1) is 24.2. The van der Waals surface area contributed by atoms with Gasteiger partial charge in [0.25, 0.3) is 5.91 Å². The van der Waals surface area contributed by atoms with Crippen molar-refractivity contribution in [3.63, 3.8) is 0 Å². The van der Waals surface area contributed by atoms with E-state index in [0.717, 1.165) is 40.3 Å². The molecule has 8 nitrogen and oxygen atoms in total. The second-order valence-electron chi connectivity index (χ2n) is 8.94. The molecular formula is C26H24F3N7O. The molecule has 5 rings (SSSR count). The van der Waals surface area contributed by atoms with Crippen molar-refractivity contribution in [1.82, 2.24) is 29.1 Å². The van der Waals surface area contributed by atoms with E-state index in [4.69, 9.17) is 0 Å². The van der Waals surface area contributed by atoms with E-state index in [0.29, 0.717) is 11.3 Å². The highest BCUT2D eigenvalue weighted by molar-refractivity contribution is 6.04. The number of hydrogen-bond acceptors (Lipinski definition) is 3. The molecule has 0 spiro atoms. The number of aromatic nitrogens is 6. The third kappa shape index (κ3) is 4.55. The van der Waals surface area contributed by atoms with Gasteiger partial charge in [0, 0.05) is 41.4 Å². The molecule has 2 aromatic carbocycles. The number of H-pyrrole nitrogens is 1. The van der Waals surface area contributed by atoms with Crippen molar-refractivity contribution in [1.29, 1.82) is 0 Å². The Labute approximate surface area is 210 Å². The average molecular weight is 508 g/mol. The summed E-state index contributed by atoms with van der Waals surface area (Å²) in [6, 6.07) is 8.59. The Kier molecular flexibility index (Phi) is 5.77. The largest absolute Gasteiger partial charge is 0.416 e. The van der Waals surface area contributed by atoms with Crippen LogP contribution in [0.2, 0.25) is 0 Å². The number of amides is 1. The van der Waals surface area contributed by atoms with Crippen LogP contribution in [0.25, 0.3) is 22.6 Å². The number of nitrogens with zero attached hydrogens (tertiary/aromatic N) is 5. The Balaban J connectivity index is 1.46. The highest BCUT2D eigenvalue weighted by Crippen LogP contribution is 2.33. The SMILES string of the molecule is Cc1cn(-c2cc(NC(=O)c3ccc(C)c(-n4cc(-c5cn[nH]c5C)n4C)c3)cc(C(F)(F)F)c2)cn1. The van der Waals surface area contributed by atoms with Crippen molar-refractivity contribution in [2.24, 2.45) is 7.05 Å². The molecule has 0 aliphatic heterocycles. The molecule has 0 aliphatic carbocycles. The summed E-state index contributed by atoms with van der Waals surface area (Å²) in [5, 5.41) is 9.60. The highest BCUT2D eigenvalue weighted by Gasteiger charge is 2.31. The Morgan fingerprint density at radius 2 is 1.84 bits per heavy atom. The van der Waals surface area contributed by atoms with Crippen molar-refractivity contribution < 1.29 is 18.0 Å². The van der Waals surface area contributed by atoms with E-state index in [1.165, 1.54) is 17.0 Å². The molecule has 2 N–H and O–H groups in total. The number of halogens is 3. The second-order valence-corrected chi connectivity index (χ2v) is 8.94. The summed E-state index contributed by atoms with van der Waals surface area (Å²) in [7, 11) is 1.90. The molecule has 11 heteroatoms. The number of rotatable bonds is 5. The molecular weight excluding hydrogens is 483 g/mol. The zero-order valence-corrected chi connectivity index (χ0v) is 20.6. The molecule has 1 amide bonds. The van der Waals surface area contributed by atoms with E-state index < -0.39 is 17.6 Å². The maximum Gasteiger partial charge on any atom is 0.416 e. The van der Waals surface area contributed by atoms with Crippen molar-refractivity contribution in [2.45, 2.75) is 26.9 Å². The molecule has 5 aromatic rings. The standard InChI is InChI=1S/C26H24F3N7O/c1-15-5-6-18(7-23(15)36-13-24(34(36)4)22-11-31-33-17(22)3)25(37)32-20-8-19(26(27,28)29)9-21(10-20)35-12-16(2)30-14-35/h5-14H,1-4H3,(H,31,33)(H,32,37). The Bertz CT molecular complexity index is 1620. The lowest BCUT2D eigenvalue weighted by Crippen LogP contribution is -2.21. The predicted octanol–water partition coefficient (Wildman–Crippen LogP) is 5.59. The summed E-state index contributed by atoms with van der Waals surface area (Å²) >= 11 is 0. The molecule has 0 aliphatic rings. The van der Waals surface area contributed by atoms with Gasteiger partial charge in [-0.25, -0.2) is 4.98 Å².